The highest BCUT2D eigenvalue weighted by Gasteiger charge is 2.56. The molecule has 0 radical (unpaired) electrons. The topological polar surface area (TPSA) is 6.48 Å². The number of para-hydroxylation sites is 3. The summed E-state index contributed by atoms with van der Waals surface area (Å²) < 4.78 is 0. The van der Waals surface area contributed by atoms with Gasteiger partial charge in [0.2, 0.25) is 0 Å². The summed E-state index contributed by atoms with van der Waals surface area (Å²) in [7, 11) is 0. The molecule has 0 saturated heterocycles. The van der Waals surface area contributed by atoms with Crippen molar-refractivity contribution in [2.45, 2.75) is 30.7 Å². The van der Waals surface area contributed by atoms with Crippen LogP contribution in [0.5, 0.6) is 0 Å². The highest BCUT2D eigenvalue weighted by molar-refractivity contribution is 5.81. The Labute approximate surface area is 337 Å². The first-order valence-corrected chi connectivity index (χ1v) is 20.4. The van der Waals surface area contributed by atoms with Crippen molar-refractivity contribution in [3.05, 3.63) is 252 Å². The standard InChI is InChI=1S/C55H46N2/c1-5-17-43(18-6-1)55(53-27-15-13-25-51(53)52-26-14-16-28-54(52)55)44-33-39-50(40-34-44)57(47-23-11-4-12-24-47)49-37-31-42(32-38-49)41-29-35-48(36-30-41)56(45-19-7-2-8-20-45)46-21-9-3-10-22-46/h1-26,29-35,37-40,48,53-54H,27-28,36H2. The normalized spacial score (nSPS) is 21.8. The average molecular weight is 735 g/mol. The molecule has 4 aliphatic carbocycles. The quantitative estimate of drug-likeness (QED) is 0.146. The first-order valence-electron chi connectivity index (χ1n) is 20.4. The second kappa shape index (κ2) is 15.1. The molecule has 6 aromatic carbocycles. The minimum absolute atomic E-state index is 0.147. The Morgan fingerprint density at radius 3 is 1.40 bits per heavy atom. The van der Waals surface area contributed by atoms with E-state index in [1.54, 1.807) is 0 Å². The van der Waals surface area contributed by atoms with Gasteiger partial charge in [-0.1, -0.05) is 164 Å². The van der Waals surface area contributed by atoms with Gasteiger partial charge in [0, 0.05) is 45.7 Å². The Bertz CT molecular complexity index is 2450. The van der Waals surface area contributed by atoms with Gasteiger partial charge in [-0.2, -0.15) is 0 Å². The van der Waals surface area contributed by atoms with Crippen LogP contribution in [0.15, 0.2) is 236 Å². The second-order valence-corrected chi connectivity index (χ2v) is 15.5. The van der Waals surface area contributed by atoms with Crippen LogP contribution in [0, 0.1) is 11.8 Å². The third kappa shape index (κ3) is 6.23. The van der Waals surface area contributed by atoms with Gasteiger partial charge >= 0.3 is 0 Å². The maximum Gasteiger partial charge on any atom is 0.0560 e. The summed E-state index contributed by atoms with van der Waals surface area (Å²) in [5.41, 5.74) is 14.0. The molecule has 276 valence electrons. The average Bonchev–Trinajstić information content (AvgIpc) is 3.60. The molecule has 2 heteroatoms. The van der Waals surface area contributed by atoms with Gasteiger partial charge < -0.3 is 9.80 Å². The minimum atomic E-state index is -0.147. The van der Waals surface area contributed by atoms with E-state index in [4.69, 9.17) is 0 Å². The van der Waals surface area contributed by atoms with Crippen molar-refractivity contribution in [2.24, 2.45) is 11.8 Å². The van der Waals surface area contributed by atoms with Gasteiger partial charge in [-0.05, 0) is 113 Å². The Kier molecular flexibility index (Phi) is 9.24. The molecule has 1 fully saturated rings. The van der Waals surface area contributed by atoms with Crippen molar-refractivity contribution in [1.29, 1.82) is 0 Å². The fourth-order valence-electron chi connectivity index (χ4n) is 10.1. The Morgan fingerprint density at radius 1 is 0.439 bits per heavy atom. The number of fused-ring (bicyclic) bond motifs is 3. The number of hydrogen-bond acceptors (Lipinski definition) is 2. The molecule has 0 N–H and O–H groups in total. The van der Waals surface area contributed by atoms with Crippen LogP contribution in [0.3, 0.4) is 0 Å². The van der Waals surface area contributed by atoms with Gasteiger partial charge in [0.05, 0.1) is 6.04 Å². The summed E-state index contributed by atoms with van der Waals surface area (Å²) in [4.78, 5) is 4.83. The zero-order chi connectivity index (χ0) is 38.0. The monoisotopic (exact) mass is 734 g/mol. The van der Waals surface area contributed by atoms with Gasteiger partial charge in [-0.25, -0.2) is 0 Å². The van der Waals surface area contributed by atoms with Crippen LogP contribution in [0.4, 0.5) is 28.4 Å². The lowest BCUT2D eigenvalue weighted by molar-refractivity contribution is 0.322. The van der Waals surface area contributed by atoms with Crippen LogP contribution in [0.1, 0.15) is 36.0 Å². The molecule has 0 spiro atoms. The molecule has 0 aromatic heterocycles. The number of nitrogens with zero attached hydrogens (tertiary/aromatic N) is 2. The van der Waals surface area contributed by atoms with Crippen LogP contribution >= 0.6 is 0 Å². The lowest BCUT2D eigenvalue weighted by Crippen LogP contribution is -2.39. The summed E-state index contributed by atoms with van der Waals surface area (Å²) in [5.74, 6) is 0.783. The van der Waals surface area contributed by atoms with Gasteiger partial charge in [0.1, 0.15) is 0 Å². The minimum Gasteiger partial charge on any atom is -0.334 e. The van der Waals surface area contributed by atoms with E-state index >= 15 is 0 Å². The number of anilines is 5. The smallest absolute Gasteiger partial charge is 0.0560 e. The zero-order valence-electron chi connectivity index (χ0n) is 32.1. The number of allylic oxidation sites excluding steroid dienone is 10. The summed E-state index contributed by atoms with van der Waals surface area (Å²) in [6.07, 6.45) is 24.1. The highest BCUT2D eigenvalue weighted by atomic mass is 15.2. The van der Waals surface area contributed by atoms with Crippen molar-refractivity contribution in [3.8, 4) is 0 Å². The van der Waals surface area contributed by atoms with Gasteiger partial charge in [-0.3, -0.25) is 0 Å². The molecule has 0 amide bonds. The summed E-state index contributed by atoms with van der Waals surface area (Å²) in [5, 5.41) is 0. The molecule has 0 aliphatic heterocycles. The molecule has 1 saturated carbocycles. The lowest BCUT2D eigenvalue weighted by atomic mass is 9.60. The van der Waals surface area contributed by atoms with E-state index in [2.05, 4.69) is 234 Å². The van der Waals surface area contributed by atoms with Gasteiger partial charge in [-0.15, -0.1) is 0 Å². The molecule has 57 heavy (non-hydrogen) atoms. The van der Waals surface area contributed by atoms with Crippen molar-refractivity contribution in [3.63, 3.8) is 0 Å². The van der Waals surface area contributed by atoms with Crippen LogP contribution < -0.4 is 9.80 Å². The van der Waals surface area contributed by atoms with E-state index < -0.39 is 0 Å². The van der Waals surface area contributed by atoms with Crippen LogP contribution in [0.2, 0.25) is 0 Å². The Hall–Kier alpha value is -6.64. The maximum absolute atomic E-state index is 2.44. The zero-order valence-corrected chi connectivity index (χ0v) is 32.1. The summed E-state index contributed by atoms with van der Waals surface area (Å²) >= 11 is 0. The molecule has 6 aromatic rings. The van der Waals surface area contributed by atoms with E-state index in [1.807, 2.05) is 0 Å². The van der Waals surface area contributed by atoms with Crippen molar-refractivity contribution < 1.29 is 0 Å². The lowest BCUT2D eigenvalue weighted by Gasteiger charge is -2.42. The number of benzene rings is 6. The largest absolute Gasteiger partial charge is 0.334 e. The summed E-state index contributed by atoms with van der Waals surface area (Å²) in [6, 6.07) is 62.4. The molecule has 3 unspecified atom stereocenters. The van der Waals surface area contributed by atoms with Crippen LogP contribution in [-0.2, 0) is 5.41 Å². The molecule has 4 aliphatic rings. The second-order valence-electron chi connectivity index (χ2n) is 15.5. The molecule has 0 bridgehead atoms. The third-order valence-corrected chi connectivity index (χ3v) is 12.6. The van der Waals surface area contributed by atoms with Gasteiger partial charge in [0.25, 0.3) is 0 Å². The van der Waals surface area contributed by atoms with E-state index in [1.165, 1.54) is 44.8 Å². The summed E-state index contributed by atoms with van der Waals surface area (Å²) in [6.45, 7) is 0. The van der Waals surface area contributed by atoms with Crippen molar-refractivity contribution in [2.75, 3.05) is 9.80 Å². The first-order chi connectivity index (χ1) is 28.3. The van der Waals surface area contributed by atoms with Crippen LogP contribution in [-0.4, -0.2) is 6.04 Å². The van der Waals surface area contributed by atoms with Crippen molar-refractivity contribution in [1.82, 2.24) is 0 Å². The van der Waals surface area contributed by atoms with E-state index in [0.717, 1.165) is 36.3 Å². The molecular weight excluding hydrogens is 689 g/mol. The van der Waals surface area contributed by atoms with E-state index in [-0.39, 0.29) is 11.5 Å². The maximum atomic E-state index is 2.44. The Morgan fingerprint density at radius 2 is 0.895 bits per heavy atom. The van der Waals surface area contributed by atoms with Crippen LogP contribution in [0.25, 0.3) is 5.57 Å². The number of rotatable bonds is 9. The van der Waals surface area contributed by atoms with E-state index in [9.17, 15) is 0 Å². The molecule has 0 heterocycles. The molecule has 3 atom stereocenters. The SMILES string of the molecule is C1=CCC2C(=C1)C1=CC=CCC1C2(c1ccccc1)c1ccc(N(c2ccccc2)c2ccc(C3=CCC(N(c4ccccc4)c4ccccc4)C=C3)cc2)cc1. The molecular formula is C55H46N2. The fourth-order valence-corrected chi connectivity index (χ4v) is 10.1. The molecule has 2 nitrogen and oxygen atoms in total. The predicted octanol–water partition coefficient (Wildman–Crippen LogP) is 14.0. The Balaban J connectivity index is 0.968. The third-order valence-electron chi connectivity index (χ3n) is 12.6. The van der Waals surface area contributed by atoms with E-state index in [0.29, 0.717) is 11.8 Å². The molecule has 10 rings (SSSR count). The van der Waals surface area contributed by atoms with Gasteiger partial charge in [0.15, 0.2) is 0 Å². The predicted molar refractivity (Wildman–Crippen MR) is 240 cm³/mol. The fraction of sp³-hybridized carbons (Fsp3) is 0.127. The number of hydrogen-bond donors (Lipinski definition) is 0. The highest BCUT2D eigenvalue weighted by Crippen LogP contribution is 2.62. The van der Waals surface area contributed by atoms with Crippen molar-refractivity contribution >= 4 is 34.0 Å². The first kappa shape index (κ1) is 34.8.